The van der Waals surface area contributed by atoms with Crippen LogP contribution in [0.25, 0.3) is 0 Å². The maximum Gasteiger partial charge on any atom is 0.234 e. The lowest BCUT2D eigenvalue weighted by Gasteiger charge is -2.08. The molecule has 2 amide bonds. The van der Waals surface area contributed by atoms with Gasteiger partial charge in [-0.25, -0.2) is 0 Å². The fourth-order valence-electron chi connectivity index (χ4n) is 1.30. The molecular weight excluding hydrogens is 289 g/mol. The van der Waals surface area contributed by atoms with Crippen molar-refractivity contribution < 1.29 is 9.59 Å². The molecule has 1 rings (SSSR count). The first kappa shape index (κ1) is 15.8. The fourth-order valence-corrected chi connectivity index (χ4v) is 1.77. The predicted octanol–water partition coefficient (Wildman–Crippen LogP) is 0.945. The van der Waals surface area contributed by atoms with Crippen LogP contribution in [0.15, 0.2) is 18.2 Å². The Bertz CT molecular complexity index is 466. The molecular formula is C12H15Cl2N3O2. The molecule has 0 fully saturated rings. The van der Waals surface area contributed by atoms with Crippen molar-refractivity contribution in [3.63, 3.8) is 0 Å². The van der Waals surface area contributed by atoms with Gasteiger partial charge in [0.25, 0.3) is 0 Å². The number of amides is 2. The lowest BCUT2D eigenvalue weighted by molar-refractivity contribution is -0.121. The van der Waals surface area contributed by atoms with Gasteiger partial charge in [-0.1, -0.05) is 29.3 Å². The van der Waals surface area contributed by atoms with Gasteiger partial charge in [0.1, 0.15) is 0 Å². The highest BCUT2D eigenvalue weighted by Crippen LogP contribution is 2.20. The summed E-state index contributed by atoms with van der Waals surface area (Å²) in [7, 11) is 1.53. The number of benzene rings is 1. The van der Waals surface area contributed by atoms with Gasteiger partial charge < -0.3 is 10.6 Å². The average Bonchev–Trinajstić information content (AvgIpc) is 2.37. The molecule has 0 atom stereocenters. The maximum atomic E-state index is 11.5. The zero-order chi connectivity index (χ0) is 14.3. The summed E-state index contributed by atoms with van der Waals surface area (Å²) in [5, 5.41) is 8.91. The second kappa shape index (κ2) is 7.99. The van der Waals surface area contributed by atoms with Crippen LogP contribution in [0.3, 0.4) is 0 Å². The molecule has 19 heavy (non-hydrogen) atoms. The molecule has 7 heteroatoms. The topological polar surface area (TPSA) is 70.2 Å². The Morgan fingerprint density at radius 3 is 2.47 bits per heavy atom. The van der Waals surface area contributed by atoms with E-state index in [9.17, 15) is 9.59 Å². The highest BCUT2D eigenvalue weighted by molar-refractivity contribution is 6.35. The molecule has 1 aromatic carbocycles. The quantitative estimate of drug-likeness (QED) is 0.733. The van der Waals surface area contributed by atoms with Crippen LogP contribution in [0.1, 0.15) is 5.56 Å². The molecule has 0 aliphatic rings. The molecule has 0 bridgehead atoms. The van der Waals surface area contributed by atoms with E-state index < -0.39 is 0 Å². The van der Waals surface area contributed by atoms with Crippen LogP contribution in [0.5, 0.6) is 0 Å². The summed E-state index contributed by atoms with van der Waals surface area (Å²) >= 11 is 11.7. The Hall–Kier alpha value is -1.30. The molecule has 0 spiro atoms. The van der Waals surface area contributed by atoms with Crippen molar-refractivity contribution in [2.75, 3.05) is 20.1 Å². The van der Waals surface area contributed by atoms with Gasteiger partial charge in [0.05, 0.1) is 13.1 Å². The molecule has 0 heterocycles. The highest BCUT2D eigenvalue weighted by Gasteiger charge is 2.05. The predicted molar refractivity (Wildman–Crippen MR) is 75.2 cm³/mol. The molecule has 104 valence electrons. The molecule has 0 unspecified atom stereocenters. The van der Waals surface area contributed by atoms with E-state index in [0.717, 1.165) is 5.56 Å². The number of hydrogen-bond acceptors (Lipinski definition) is 3. The molecule has 0 aliphatic heterocycles. The summed E-state index contributed by atoms with van der Waals surface area (Å²) in [5.74, 6) is -0.386. The minimum absolute atomic E-state index is 0.0681. The molecule has 0 radical (unpaired) electrons. The van der Waals surface area contributed by atoms with E-state index in [1.54, 1.807) is 18.2 Å². The monoisotopic (exact) mass is 303 g/mol. The second-order valence-corrected chi connectivity index (χ2v) is 4.63. The molecule has 1 aromatic rings. The number of hydrogen-bond donors (Lipinski definition) is 3. The van der Waals surface area contributed by atoms with Gasteiger partial charge in [0.2, 0.25) is 11.8 Å². The number of rotatable bonds is 6. The zero-order valence-electron chi connectivity index (χ0n) is 10.4. The van der Waals surface area contributed by atoms with Crippen molar-refractivity contribution in [2.24, 2.45) is 0 Å². The van der Waals surface area contributed by atoms with Crippen molar-refractivity contribution >= 4 is 35.0 Å². The lowest BCUT2D eigenvalue weighted by Crippen LogP contribution is -2.38. The van der Waals surface area contributed by atoms with E-state index in [2.05, 4.69) is 16.0 Å². The fraction of sp³-hybridized carbons (Fsp3) is 0.333. The third-order valence-corrected chi connectivity index (χ3v) is 2.93. The standard InChI is InChI=1S/C12H15Cl2N3O2/c1-15-11(18)6-16-7-12(19)17-5-8-2-3-9(13)4-10(8)14/h2-4,16H,5-7H2,1H3,(H,15,18)(H,17,19). The maximum absolute atomic E-state index is 11.5. The third kappa shape index (κ3) is 5.92. The molecule has 3 N–H and O–H groups in total. The van der Waals surface area contributed by atoms with E-state index in [4.69, 9.17) is 23.2 Å². The minimum Gasteiger partial charge on any atom is -0.358 e. The van der Waals surface area contributed by atoms with Gasteiger partial charge in [0.15, 0.2) is 0 Å². The van der Waals surface area contributed by atoms with Crippen LogP contribution in [-0.4, -0.2) is 32.0 Å². The van der Waals surface area contributed by atoms with Crippen LogP contribution < -0.4 is 16.0 Å². The van der Waals surface area contributed by atoms with E-state index in [-0.39, 0.29) is 24.9 Å². The number of halogens is 2. The van der Waals surface area contributed by atoms with Crippen LogP contribution in [0.2, 0.25) is 10.0 Å². The first-order valence-electron chi connectivity index (χ1n) is 5.65. The molecule has 0 saturated carbocycles. The molecule has 5 nitrogen and oxygen atoms in total. The Kier molecular flexibility index (Phi) is 6.62. The third-order valence-electron chi connectivity index (χ3n) is 2.34. The Morgan fingerprint density at radius 1 is 1.16 bits per heavy atom. The van der Waals surface area contributed by atoms with E-state index >= 15 is 0 Å². The van der Waals surface area contributed by atoms with E-state index in [1.165, 1.54) is 7.05 Å². The zero-order valence-corrected chi connectivity index (χ0v) is 11.9. The number of nitrogens with one attached hydrogen (secondary N) is 3. The van der Waals surface area contributed by atoms with Crippen LogP contribution >= 0.6 is 23.2 Å². The highest BCUT2D eigenvalue weighted by atomic mass is 35.5. The normalized spacial score (nSPS) is 10.1. The number of likely N-dealkylation sites (N-methyl/N-ethyl adjacent to an activating group) is 1. The number of carbonyl (C=O) groups is 2. The SMILES string of the molecule is CNC(=O)CNCC(=O)NCc1ccc(Cl)cc1Cl. The minimum atomic E-state index is -0.213. The van der Waals surface area contributed by atoms with Gasteiger partial charge in [0, 0.05) is 23.6 Å². The summed E-state index contributed by atoms with van der Waals surface area (Å²) in [5.41, 5.74) is 0.783. The first-order chi connectivity index (χ1) is 9.02. The van der Waals surface area contributed by atoms with Gasteiger partial charge in [-0.15, -0.1) is 0 Å². The summed E-state index contributed by atoms with van der Waals surface area (Å²) < 4.78 is 0. The average molecular weight is 304 g/mol. The van der Waals surface area contributed by atoms with Crippen molar-refractivity contribution in [1.29, 1.82) is 0 Å². The van der Waals surface area contributed by atoms with Crippen molar-refractivity contribution in [3.05, 3.63) is 33.8 Å². The van der Waals surface area contributed by atoms with Crippen LogP contribution in [0.4, 0.5) is 0 Å². The van der Waals surface area contributed by atoms with E-state index in [1.807, 2.05) is 0 Å². The Morgan fingerprint density at radius 2 is 1.84 bits per heavy atom. The lowest BCUT2D eigenvalue weighted by atomic mass is 10.2. The second-order valence-electron chi connectivity index (χ2n) is 3.79. The smallest absolute Gasteiger partial charge is 0.234 e. The van der Waals surface area contributed by atoms with Gasteiger partial charge >= 0.3 is 0 Å². The van der Waals surface area contributed by atoms with Crippen molar-refractivity contribution in [2.45, 2.75) is 6.54 Å². The van der Waals surface area contributed by atoms with Crippen LogP contribution in [0, 0.1) is 0 Å². The molecule has 0 aliphatic carbocycles. The van der Waals surface area contributed by atoms with Crippen molar-refractivity contribution in [3.8, 4) is 0 Å². The molecule has 0 aromatic heterocycles. The van der Waals surface area contributed by atoms with Gasteiger partial charge in [-0.05, 0) is 17.7 Å². The summed E-state index contributed by atoms with van der Waals surface area (Å²) in [6.45, 7) is 0.487. The Balaban J connectivity index is 2.32. The molecule has 0 saturated heterocycles. The summed E-state index contributed by atoms with van der Waals surface area (Å²) in [6, 6.07) is 5.08. The van der Waals surface area contributed by atoms with Gasteiger partial charge in [-0.3, -0.25) is 14.9 Å². The van der Waals surface area contributed by atoms with Crippen LogP contribution in [-0.2, 0) is 16.1 Å². The summed E-state index contributed by atoms with van der Waals surface area (Å²) in [6.07, 6.45) is 0. The van der Waals surface area contributed by atoms with Crippen molar-refractivity contribution in [1.82, 2.24) is 16.0 Å². The number of carbonyl (C=O) groups excluding carboxylic acids is 2. The largest absolute Gasteiger partial charge is 0.358 e. The first-order valence-corrected chi connectivity index (χ1v) is 6.40. The van der Waals surface area contributed by atoms with Gasteiger partial charge in [-0.2, -0.15) is 0 Å². The Labute approximate surface area is 121 Å². The summed E-state index contributed by atoms with van der Waals surface area (Å²) in [4.78, 5) is 22.4. The van der Waals surface area contributed by atoms with E-state index in [0.29, 0.717) is 16.6 Å².